The summed E-state index contributed by atoms with van der Waals surface area (Å²) < 4.78 is 27.5. The molecule has 7 heteroatoms. The van der Waals surface area contributed by atoms with Crippen molar-refractivity contribution < 1.29 is 8.42 Å². The average molecular weight is 280 g/mol. The van der Waals surface area contributed by atoms with Crippen LogP contribution < -0.4 is 10.5 Å². The third kappa shape index (κ3) is 2.47. The summed E-state index contributed by atoms with van der Waals surface area (Å²) in [7, 11) is -2.11. The van der Waals surface area contributed by atoms with E-state index in [0.717, 1.165) is 17.9 Å². The summed E-state index contributed by atoms with van der Waals surface area (Å²) in [6.07, 6.45) is 4.26. The molecule has 0 aliphatic rings. The molecule has 0 saturated carbocycles. The number of nitrogen functional groups attached to an aromatic ring is 1. The summed E-state index contributed by atoms with van der Waals surface area (Å²) in [6.45, 7) is 1.99. The Morgan fingerprint density at radius 2 is 2.16 bits per heavy atom. The zero-order valence-corrected chi connectivity index (χ0v) is 11.6. The number of aryl methyl sites for hydroxylation is 1. The van der Waals surface area contributed by atoms with E-state index < -0.39 is 10.0 Å². The van der Waals surface area contributed by atoms with Gasteiger partial charge >= 0.3 is 0 Å². The van der Waals surface area contributed by atoms with Crippen molar-refractivity contribution >= 4 is 15.7 Å². The van der Waals surface area contributed by atoms with E-state index in [1.54, 1.807) is 18.5 Å². The second-order valence-corrected chi connectivity index (χ2v) is 5.88. The first-order valence-electron chi connectivity index (χ1n) is 5.85. The second kappa shape index (κ2) is 5.02. The van der Waals surface area contributed by atoms with Gasteiger partial charge in [0.05, 0.1) is 16.3 Å². The third-order valence-electron chi connectivity index (χ3n) is 2.87. The van der Waals surface area contributed by atoms with Crippen molar-refractivity contribution in [3.05, 3.63) is 36.4 Å². The highest BCUT2D eigenvalue weighted by molar-refractivity contribution is 7.89. The van der Waals surface area contributed by atoms with E-state index in [0.29, 0.717) is 5.69 Å². The molecule has 19 heavy (non-hydrogen) atoms. The lowest BCUT2D eigenvalue weighted by Crippen LogP contribution is -2.19. The number of hydrogen-bond donors (Lipinski definition) is 2. The van der Waals surface area contributed by atoms with E-state index >= 15 is 0 Å². The Hall–Kier alpha value is -1.86. The Morgan fingerprint density at radius 3 is 2.74 bits per heavy atom. The van der Waals surface area contributed by atoms with Crippen molar-refractivity contribution in [1.82, 2.24) is 14.3 Å². The van der Waals surface area contributed by atoms with E-state index in [2.05, 4.69) is 9.71 Å². The summed E-state index contributed by atoms with van der Waals surface area (Å²) in [5, 5.41) is 0. The van der Waals surface area contributed by atoms with Gasteiger partial charge in [-0.1, -0.05) is 6.92 Å². The van der Waals surface area contributed by atoms with Gasteiger partial charge in [-0.15, -0.1) is 0 Å². The van der Waals surface area contributed by atoms with Crippen LogP contribution in [0.3, 0.4) is 0 Å². The van der Waals surface area contributed by atoms with Crippen molar-refractivity contribution in [3.8, 4) is 5.69 Å². The molecule has 102 valence electrons. The molecule has 2 aromatic rings. The first kappa shape index (κ1) is 13.6. The smallest absolute Gasteiger partial charge is 0.240 e. The fourth-order valence-corrected chi connectivity index (χ4v) is 2.62. The minimum absolute atomic E-state index is 0.148. The summed E-state index contributed by atoms with van der Waals surface area (Å²) in [6, 6.07) is 4.65. The molecule has 0 spiro atoms. The van der Waals surface area contributed by atoms with Crippen molar-refractivity contribution in [2.24, 2.45) is 0 Å². The highest BCUT2D eigenvalue weighted by atomic mass is 32.2. The number of aromatic nitrogens is 2. The van der Waals surface area contributed by atoms with Gasteiger partial charge in [0.2, 0.25) is 10.0 Å². The molecule has 1 aromatic heterocycles. The van der Waals surface area contributed by atoms with Crippen molar-refractivity contribution in [2.45, 2.75) is 18.2 Å². The number of nitrogens with zero attached hydrogens (tertiary/aromatic N) is 2. The van der Waals surface area contributed by atoms with Gasteiger partial charge in [0.25, 0.3) is 0 Å². The number of rotatable bonds is 4. The minimum atomic E-state index is -3.48. The fraction of sp³-hybridized carbons (Fsp3) is 0.250. The van der Waals surface area contributed by atoms with Crippen molar-refractivity contribution in [1.29, 1.82) is 0 Å². The van der Waals surface area contributed by atoms with Gasteiger partial charge in [-0.05, 0) is 25.2 Å². The SMILES string of the molecule is CCc1nccn1-c1ccc(S(=O)(=O)NC)cc1N. The summed E-state index contributed by atoms with van der Waals surface area (Å²) in [4.78, 5) is 4.36. The molecule has 0 aliphatic heterocycles. The molecule has 1 heterocycles. The van der Waals surface area contributed by atoms with Gasteiger partial charge in [-0.25, -0.2) is 18.1 Å². The van der Waals surface area contributed by atoms with Crippen LogP contribution in [0.4, 0.5) is 5.69 Å². The Kier molecular flexibility index (Phi) is 3.59. The Morgan fingerprint density at radius 1 is 1.42 bits per heavy atom. The number of anilines is 1. The van der Waals surface area contributed by atoms with Crippen LogP contribution in [-0.4, -0.2) is 25.0 Å². The van der Waals surface area contributed by atoms with Gasteiger partial charge in [-0.2, -0.15) is 0 Å². The molecule has 0 unspecified atom stereocenters. The standard InChI is InChI=1S/C12H16N4O2S/c1-3-12-15-6-7-16(12)11-5-4-9(8-10(11)13)19(17,18)14-2/h4-8,14H,3,13H2,1-2H3. The van der Waals surface area contributed by atoms with Crippen LogP contribution in [0.5, 0.6) is 0 Å². The topological polar surface area (TPSA) is 90.0 Å². The van der Waals surface area contributed by atoms with E-state index in [9.17, 15) is 8.42 Å². The molecule has 0 fully saturated rings. The first-order chi connectivity index (χ1) is 8.99. The highest BCUT2D eigenvalue weighted by Crippen LogP contribution is 2.22. The van der Waals surface area contributed by atoms with Gasteiger partial charge in [0.1, 0.15) is 5.82 Å². The summed E-state index contributed by atoms with van der Waals surface area (Å²) >= 11 is 0. The largest absolute Gasteiger partial charge is 0.397 e. The van der Waals surface area contributed by atoms with Crippen LogP contribution in [0.1, 0.15) is 12.7 Å². The molecule has 3 N–H and O–H groups in total. The predicted octanol–water partition coefficient (Wildman–Crippen LogP) is 0.925. The molecule has 1 aromatic carbocycles. The molecule has 2 rings (SSSR count). The lowest BCUT2D eigenvalue weighted by Gasteiger charge is -2.11. The lowest BCUT2D eigenvalue weighted by atomic mass is 10.2. The Labute approximate surface area is 112 Å². The van der Waals surface area contributed by atoms with Crippen molar-refractivity contribution in [2.75, 3.05) is 12.8 Å². The van der Waals surface area contributed by atoms with Crippen LogP contribution in [0, 0.1) is 0 Å². The van der Waals surface area contributed by atoms with Crippen LogP contribution in [0.2, 0.25) is 0 Å². The number of sulfonamides is 1. The van der Waals surface area contributed by atoms with Crippen LogP contribution in [0.25, 0.3) is 5.69 Å². The second-order valence-electron chi connectivity index (χ2n) is 4.00. The van der Waals surface area contributed by atoms with Gasteiger partial charge in [-0.3, -0.25) is 0 Å². The maximum atomic E-state index is 11.7. The van der Waals surface area contributed by atoms with Gasteiger partial charge in [0, 0.05) is 18.8 Å². The average Bonchev–Trinajstić information content (AvgIpc) is 2.86. The zero-order chi connectivity index (χ0) is 14.0. The zero-order valence-electron chi connectivity index (χ0n) is 10.8. The molecule has 0 atom stereocenters. The maximum absolute atomic E-state index is 11.7. The molecule has 6 nitrogen and oxygen atoms in total. The quantitative estimate of drug-likeness (QED) is 0.815. The van der Waals surface area contributed by atoms with E-state index in [1.165, 1.54) is 19.2 Å². The van der Waals surface area contributed by atoms with Crippen molar-refractivity contribution in [3.63, 3.8) is 0 Å². The van der Waals surface area contributed by atoms with Gasteiger partial charge in [0.15, 0.2) is 0 Å². The summed E-state index contributed by atoms with van der Waals surface area (Å²) in [5.41, 5.74) is 7.07. The monoisotopic (exact) mass is 280 g/mol. The normalized spacial score (nSPS) is 11.7. The van der Waals surface area contributed by atoms with Crippen LogP contribution in [-0.2, 0) is 16.4 Å². The lowest BCUT2D eigenvalue weighted by molar-refractivity contribution is 0.588. The number of imidazole rings is 1. The Bertz CT molecular complexity index is 692. The molecule has 0 saturated heterocycles. The molecular formula is C12H16N4O2S. The van der Waals surface area contributed by atoms with E-state index in [4.69, 9.17) is 5.73 Å². The number of nitrogens with two attached hydrogens (primary N) is 1. The maximum Gasteiger partial charge on any atom is 0.240 e. The third-order valence-corrected chi connectivity index (χ3v) is 4.28. The number of benzene rings is 1. The van der Waals surface area contributed by atoms with Crippen LogP contribution in [0.15, 0.2) is 35.5 Å². The molecular weight excluding hydrogens is 264 g/mol. The number of hydrogen-bond acceptors (Lipinski definition) is 4. The van der Waals surface area contributed by atoms with E-state index in [-0.39, 0.29) is 4.90 Å². The fourth-order valence-electron chi connectivity index (χ4n) is 1.85. The summed E-state index contributed by atoms with van der Waals surface area (Å²) in [5.74, 6) is 0.871. The molecule has 0 aliphatic carbocycles. The van der Waals surface area contributed by atoms with Crippen LogP contribution >= 0.6 is 0 Å². The van der Waals surface area contributed by atoms with Gasteiger partial charge < -0.3 is 10.3 Å². The highest BCUT2D eigenvalue weighted by Gasteiger charge is 2.14. The molecule has 0 radical (unpaired) electrons. The molecule has 0 amide bonds. The number of nitrogens with one attached hydrogen (secondary N) is 1. The minimum Gasteiger partial charge on any atom is -0.397 e. The van der Waals surface area contributed by atoms with E-state index in [1.807, 2.05) is 11.5 Å². The molecule has 0 bridgehead atoms. The Balaban J connectivity index is 2.52. The first-order valence-corrected chi connectivity index (χ1v) is 7.33. The predicted molar refractivity (Wildman–Crippen MR) is 73.6 cm³/mol.